The SMILES string of the molecule is CC(=O)c1ccc(NC(=O)C(C)Sc2nc3ccccc3c(=O)n2-c2ccc(C)c(C)c2)cc1. The smallest absolute Gasteiger partial charge is 0.266 e. The van der Waals surface area contributed by atoms with Crippen LogP contribution in [-0.2, 0) is 4.79 Å². The third-order valence-electron chi connectivity index (χ3n) is 5.70. The number of nitrogens with one attached hydrogen (secondary N) is 1. The fourth-order valence-corrected chi connectivity index (χ4v) is 4.45. The fourth-order valence-electron chi connectivity index (χ4n) is 3.53. The lowest BCUT2D eigenvalue weighted by Crippen LogP contribution is -2.26. The first-order chi connectivity index (χ1) is 16.2. The van der Waals surface area contributed by atoms with Gasteiger partial charge in [-0.3, -0.25) is 19.0 Å². The van der Waals surface area contributed by atoms with E-state index in [2.05, 4.69) is 5.32 Å². The molecule has 4 aromatic rings. The summed E-state index contributed by atoms with van der Waals surface area (Å²) in [4.78, 5) is 42.6. The average molecular weight is 472 g/mol. The number of amides is 1. The normalized spacial score (nSPS) is 11.9. The molecular formula is C27H25N3O3S. The lowest BCUT2D eigenvalue weighted by atomic mass is 10.1. The number of anilines is 1. The molecular weight excluding hydrogens is 446 g/mol. The number of carbonyl (C=O) groups excluding carboxylic acids is 2. The quantitative estimate of drug-likeness (QED) is 0.234. The molecule has 1 aromatic heterocycles. The highest BCUT2D eigenvalue weighted by atomic mass is 32.2. The minimum Gasteiger partial charge on any atom is -0.325 e. The Morgan fingerprint density at radius 2 is 1.68 bits per heavy atom. The zero-order chi connectivity index (χ0) is 24.4. The lowest BCUT2D eigenvalue weighted by Gasteiger charge is -2.17. The second-order valence-corrected chi connectivity index (χ2v) is 9.51. The van der Waals surface area contributed by atoms with Gasteiger partial charge < -0.3 is 5.32 Å². The van der Waals surface area contributed by atoms with Gasteiger partial charge in [0.15, 0.2) is 10.9 Å². The van der Waals surface area contributed by atoms with Crippen molar-refractivity contribution in [2.24, 2.45) is 0 Å². The van der Waals surface area contributed by atoms with Crippen LogP contribution in [0.3, 0.4) is 0 Å². The molecule has 0 aliphatic carbocycles. The number of hydrogen-bond acceptors (Lipinski definition) is 5. The summed E-state index contributed by atoms with van der Waals surface area (Å²) < 4.78 is 1.57. The first kappa shape index (κ1) is 23.4. The standard InChI is InChI=1S/C27H25N3O3S/c1-16-9-14-22(15-17(16)2)30-26(33)23-7-5-6-8-24(23)29-27(30)34-19(4)25(32)28-21-12-10-20(11-13-21)18(3)31/h5-15,19H,1-4H3,(H,28,32). The monoisotopic (exact) mass is 471 g/mol. The van der Waals surface area contributed by atoms with Gasteiger partial charge in [0.25, 0.3) is 5.56 Å². The van der Waals surface area contributed by atoms with Crippen molar-refractivity contribution in [3.05, 3.63) is 93.8 Å². The molecule has 1 atom stereocenters. The van der Waals surface area contributed by atoms with E-state index in [-0.39, 0.29) is 17.2 Å². The van der Waals surface area contributed by atoms with Crippen molar-refractivity contribution in [3.63, 3.8) is 0 Å². The molecule has 7 heteroatoms. The largest absolute Gasteiger partial charge is 0.325 e. The van der Waals surface area contributed by atoms with Crippen LogP contribution in [0.25, 0.3) is 16.6 Å². The number of thioether (sulfide) groups is 1. The summed E-state index contributed by atoms with van der Waals surface area (Å²) in [5.41, 5.74) is 4.49. The number of ketones is 1. The van der Waals surface area contributed by atoms with Crippen LogP contribution in [0.2, 0.25) is 0 Å². The number of rotatable bonds is 6. The van der Waals surface area contributed by atoms with Gasteiger partial charge in [-0.25, -0.2) is 4.98 Å². The molecule has 34 heavy (non-hydrogen) atoms. The number of hydrogen-bond donors (Lipinski definition) is 1. The highest BCUT2D eigenvalue weighted by molar-refractivity contribution is 8.00. The molecule has 0 spiro atoms. The number of para-hydroxylation sites is 1. The van der Waals surface area contributed by atoms with Gasteiger partial charge in [-0.1, -0.05) is 30.0 Å². The van der Waals surface area contributed by atoms with Crippen molar-refractivity contribution in [3.8, 4) is 5.69 Å². The Morgan fingerprint density at radius 3 is 2.35 bits per heavy atom. The van der Waals surface area contributed by atoms with E-state index in [0.717, 1.165) is 11.1 Å². The number of Topliss-reactive ketones (excluding diaryl/α,β-unsaturated/α-hetero) is 1. The first-order valence-electron chi connectivity index (χ1n) is 10.9. The van der Waals surface area contributed by atoms with Gasteiger partial charge in [-0.2, -0.15) is 0 Å². The Labute approximate surface area is 202 Å². The van der Waals surface area contributed by atoms with Crippen molar-refractivity contribution in [2.45, 2.75) is 38.1 Å². The number of carbonyl (C=O) groups is 2. The molecule has 0 saturated carbocycles. The number of aromatic nitrogens is 2. The highest BCUT2D eigenvalue weighted by Crippen LogP contribution is 2.27. The van der Waals surface area contributed by atoms with Gasteiger partial charge in [-0.05, 0) is 87.4 Å². The number of aryl methyl sites for hydroxylation is 2. The number of benzene rings is 3. The molecule has 0 aliphatic rings. The predicted molar refractivity (Wildman–Crippen MR) is 137 cm³/mol. The van der Waals surface area contributed by atoms with Crippen molar-refractivity contribution in [1.82, 2.24) is 9.55 Å². The van der Waals surface area contributed by atoms with Crippen molar-refractivity contribution < 1.29 is 9.59 Å². The fraction of sp³-hybridized carbons (Fsp3) is 0.185. The van der Waals surface area contributed by atoms with Crippen LogP contribution >= 0.6 is 11.8 Å². The van der Waals surface area contributed by atoms with Gasteiger partial charge in [0.05, 0.1) is 21.8 Å². The van der Waals surface area contributed by atoms with E-state index in [1.165, 1.54) is 18.7 Å². The molecule has 0 radical (unpaired) electrons. The van der Waals surface area contributed by atoms with E-state index in [0.29, 0.717) is 33.0 Å². The van der Waals surface area contributed by atoms with E-state index in [1.54, 1.807) is 47.9 Å². The molecule has 1 N–H and O–H groups in total. The minimum absolute atomic E-state index is 0.0338. The third-order valence-corrected chi connectivity index (χ3v) is 6.76. The van der Waals surface area contributed by atoms with Crippen LogP contribution in [0.5, 0.6) is 0 Å². The molecule has 1 heterocycles. The summed E-state index contributed by atoms with van der Waals surface area (Å²) in [5, 5.41) is 3.31. The van der Waals surface area contributed by atoms with E-state index >= 15 is 0 Å². The van der Waals surface area contributed by atoms with Gasteiger partial charge in [0, 0.05) is 11.3 Å². The number of nitrogens with zero attached hydrogens (tertiary/aromatic N) is 2. The molecule has 0 fully saturated rings. The maximum absolute atomic E-state index is 13.5. The Kier molecular flexibility index (Phi) is 6.65. The maximum Gasteiger partial charge on any atom is 0.266 e. The van der Waals surface area contributed by atoms with Crippen molar-refractivity contribution in [2.75, 3.05) is 5.32 Å². The third kappa shape index (κ3) is 4.79. The van der Waals surface area contributed by atoms with Crippen LogP contribution in [0.15, 0.2) is 76.7 Å². The summed E-state index contributed by atoms with van der Waals surface area (Å²) in [6, 6.07) is 19.8. The topological polar surface area (TPSA) is 81.1 Å². The maximum atomic E-state index is 13.5. The molecule has 0 aliphatic heterocycles. The molecule has 172 valence electrons. The van der Waals surface area contributed by atoms with E-state index < -0.39 is 5.25 Å². The van der Waals surface area contributed by atoms with Gasteiger partial charge in [0.1, 0.15) is 0 Å². The van der Waals surface area contributed by atoms with E-state index in [9.17, 15) is 14.4 Å². The summed E-state index contributed by atoms with van der Waals surface area (Å²) in [7, 11) is 0. The van der Waals surface area contributed by atoms with Crippen LogP contribution in [-0.4, -0.2) is 26.5 Å². The van der Waals surface area contributed by atoms with E-state index in [1.807, 2.05) is 44.2 Å². The van der Waals surface area contributed by atoms with Crippen molar-refractivity contribution >= 4 is 40.0 Å². The number of fused-ring (bicyclic) bond motifs is 1. The summed E-state index contributed by atoms with van der Waals surface area (Å²) in [6.45, 7) is 7.29. The van der Waals surface area contributed by atoms with Gasteiger partial charge in [-0.15, -0.1) is 0 Å². The molecule has 3 aromatic carbocycles. The highest BCUT2D eigenvalue weighted by Gasteiger charge is 2.21. The van der Waals surface area contributed by atoms with Gasteiger partial charge in [0.2, 0.25) is 5.91 Å². The van der Waals surface area contributed by atoms with Crippen LogP contribution in [0.4, 0.5) is 5.69 Å². The van der Waals surface area contributed by atoms with Crippen molar-refractivity contribution in [1.29, 1.82) is 0 Å². The van der Waals surface area contributed by atoms with Crippen LogP contribution < -0.4 is 10.9 Å². The van der Waals surface area contributed by atoms with Crippen LogP contribution in [0, 0.1) is 13.8 Å². The Balaban J connectivity index is 1.68. The molecule has 1 amide bonds. The molecule has 6 nitrogen and oxygen atoms in total. The Morgan fingerprint density at radius 1 is 0.971 bits per heavy atom. The second kappa shape index (κ2) is 9.65. The zero-order valence-corrected chi connectivity index (χ0v) is 20.3. The average Bonchev–Trinajstić information content (AvgIpc) is 2.81. The molecule has 1 unspecified atom stereocenters. The minimum atomic E-state index is -0.529. The summed E-state index contributed by atoms with van der Waals surface area (Å²) >= 11 is 1.23. The zero-order valence-electron chi connectivity index (χ0n) is 19.5. The summed E-state index contributed by atoms with van der Waals surface area (Å²) in [6.07, 6.45) is 0. The van der Waals surface area contributed by atoms with Crippen LogP contribution in [0.1, 0.15) is 35.3 Å². The molecule has 0 bridgehead atoms. The van der Waals surface area contributed by atoms with Gasteiger partial charge >= 0.3 is 0 Å². The first-order valence-corrected chi connectivity index (χ1v) is 11.8. The predicted octanol–water partition coefficient (Wildman–Crippen LogP) is 5.32. The summed E-state index contributed by atoms with van der Waals surface area (Å²) in [5.74, 6) is -0.261. The Bertz CT molecular complexity index is 1460. The second-order valence-electron chi connectivity index (χ2n) is 8.20. The van der Waals surface area contributed by atoms with E-state index in [4.69, 9.17) is 4.98 Å². The molecule has 4 rings (SSSR count). The lowest BCUT2D eigenvalue weighted by molar-refractivity contribution is -0.115. The Hall–Kier alpha value is -3.71. The molecule has 0 saturated heterocycles.